The van der Waals surface area contributed by atoms with Gasteiger partial charge in [-0.05, 0) is 38.5 Å². The molecule has 1 rings (SSSR count). The molecular weight excluding hydrogens is 257 g/mol. The van der Waals surface area contributed by atoms with Gasteiger partial charge in [-0.2, -0.15) is 0 Å². The number of benzene rings is 1. The average Bonchev–Trinajstić information content (AvgIpc) is 2.26. The van der Waals surface area contributed by atoms with Crippen molar-refractivity contribution < 1.29 is 4.74 Å². The number of ether oxygens (including phenoxy) is 1. The molecule has 0 aliphatic heterocycles. The van der Waals surface area contributed by atoms with Gasteiger partial charge in [0.1, 0.15) is 0 Å². The van der Waals surface area contributed by atoms with Crippen LogP contribution in [0.15, 0.2) is 18.2 Å². The van der Waals surface area contributed by atoms with Gasteiger partial charge in [0, 0.05) is 28.7 Å². The van der Waals surface area contributed by atoms with Crippen LogP contribution in [0.5, 0.6) is 0 Å². The first-order valence-electron chi connectivity index (χ1n) is 5.83. The first-order valence-corrected chi connectivity index (χ1v) is 6.59. The van der Waals surface area contributed by atoms with Crippen molar-refractivity contribution in [3.05, 3.63) is 33.8 Å². The maximum absolute atomic E-state index is 6.16. The van der Waals surface area contributed by atoms with E-state index in [1.54, 1.807) is 6.07 Å². The Morgan fingerprint density at radius 1 is 1.29 bits per heavy atom. The summed E-state index contributed by atoms with van der Waals surface area (Å²) >= 11 is 12.0. The molecule has 0 heterocycles. The van der Waals surface area contributed by atoms with Crippen LogP contribution in [0, 0.1) is 0 Å². The minimum Gasteiger partial charge on any atom is -0.380 e. The molecule has 0 saturated heterocycles. The van der Waals surface area contributed by atoms with Gasteiger partial charge in [0.25, 0.3) is 0 Å². The van der Waals surface area contributed by atoms with Crippen LogP contribution in [0.1, 0.15) is 32.4 Å². The van der Waals surface area contributed by atoms with Crippen LogP contribution in [-0.2, 0) is 4.74 Å². The standard InChI is InChI=1S/C13H19Cl2NO/c1-4-17-8-9(2)16-10(3)12-6-5-11(14)7-13(12)15/h5-7,9-10,16H,4,8H2,1-3H3. The van der Waals surface area contributed by atoms with Gasteiger partial charge in [0.15, 0.2) is 0 Å². The Morgan fingerprint density at radius 3 is 2.59 bits per heavy atom. The lowest BCUT2D eigenvalue weighted by molar-refractivity contribution is 0.124. The Labute approximate surface area is 113 Å². The second-order valence-electron chi connectivity index (χ2n) is 4.11. The first kappa shape index (κ1) is 14.8. The molecule has 0 aliphatic rings. The number of nitrogens with one attached hydrogen (secondary N) is 1. The lowest BCUT2D eigenvalue weighted by Crippen LogP contribution is -2.32. The van der Waals surface area contributed by atoms with Crippen molar-refractivity contribution >= 4 is 23.2 Å². The maximum Gasteiger partial charge on any atom is 0.0616 e. The van der Waals surface area contributed by atoms with Crippen molar-refractivity contribution in [3.8, 4) is 0 Å². The lowest BCUT2D eigenvalue weighted by atomic mass is 10.1. The van der Waals surface area contributed by atoms with Crippen molar-refractivity contribution in [2.75, 3.05) is 13.2 Å². The average molecular weight is 276 g/mol. The monoisotopic (exact) mass is 275 g/mol. The molecule has 2 nitrogen and oxygen atoms in total. The van der Waals surface area contributed by atoms with E-state index in [0.29, 0.717) is 16.7 Å². The van der Waals surface area contributed by atoms with Gasteiger partial charge in [-0.25, -0.2) is 0 Å². The number of halogens is 2. The Kier molecular flexibility index (Phi) is 6.28. The third kappa shape index (κ3) is 4.84. The predicted octanol–water partition coefficient (Wildman–Crippen LogP) is 4.07. The third-order valence-electron chi connectivity index (χ3n) is 2.54. The van der Waals surface area contributed by atoms with E-state index in [1.165, 1.54) is 0 Å². The minimum atomic E-state index is 0.176. The van der Waals surface area contributed by atoms with Crippen LogP contribution in [-0.4, -0.2) is 19.3 Å². The molecule has 2 atom stereocenters. The third-order valence-corrected chi connectivity index (χ3v) is 3.10. The molecule has 1 aromatic rings. The quantitative estimate of drug-likeness (QED) is 0.845. The van der Waals surface area contributed by atoms with Crippen molar-refractivity contribution in [2.45, 2.75) is 32.9 Å². The number of rotatable bonds is 6. The highest BCUT2D eigenvalue weighted by molar-refractivity contribution is 6.35. The highest BCUT2D eigenvalue weighted by Gasteiger charge is 2.12. The zero-order valence-electron chi connectivity index (χ0n) is 10.5. The highest BCUT2D eigenvalue weighted by atomic mass is 35.5. The van der Waals surface area contributed by atoms with E-state index in [1.807, 2.05) is 19.1 Å². The summed E-state index contributed by atoms with van der Waals surface area (Å²) in [5, 5.41) is 4.79. The van der Waals surface area contributed by atoms with E-state index in [-0.39, 0.29) is 12.1 Å². The van der Waals surface area contributed by atoms with E-state index in [4.69, 9.17) is 27.9 Å². The molecule has 0 spiro atoms. The molecule has 1 N–H and O–H groups in total. The van der Waals surface area contributed by atoms with E-state index >= 15 is 0 Å². The highest BCUT2D eigenvalue weighted by Crippen LogP contribution is 2.26. The Bertz CT molecular complexity index is 357. The fourth-order valence-electron chi connectivity index (χ4n) is 1.71. The predicted molar refractivity (Wildman–Crippen MR) is 74.0 cm³/mol. The van der Waals surface area contributed by atoms with E-state index < -0.39 is 0 Å². The van der Waals surface area contributed by atoms with Crippen LogP contribution in [0.2, 0.25) is 10.0 Å². The molecule has 0 bridgehead atoms. The molecule has 0 aliphatic carbocycles. The molecule has 4 heteroatoms. The van der Waals surface area contributed by atoms with Crippen LogP contribution >= 0.6 is 23.2 Å². The lowest BCUT2D eigenvalue weighted by Gasteiger charge is -2.21. The van der Waals surface area contributed by atoms with E-state index in [9.17, 15) is 0 Å². The Balaban J connectivity index is 2.60. The number of hydrogen-bond donors (Lipinski definition) is 1. The second-order valence-corrected chi connectivity index (χ2v) is 4.96. The summed E-state index contributed by atoms with van der Waals surface area (Å²) < 4.78 is 5.36. The molecule has 17 heavy (non-hydrogen) atoms. The summed E-state index contributed by atoms with van der Waals surface area (Å²) in [6.45, 7) is 7.61. The van der Waals surface area contributed by atoms with Gasteiger partial charge in [-0.15, -0.1) is 0 Å². The topological polar surface area (TPSA) is 21.3 Å². The molecule has 1 aromatic carbocycles. The molecule has 0 fully saturated rings. The molecule has 0 radical (unpaired) electrons. The second kappa shape index (κ2) is 7.22. The smallest absolute Gasteiger partial charge is 0.0616 e. The van der Waals surface area contributed by atoms with Crippen molar-refractivity contribution in [1.29, 1.82) is 0 Å². The van der Waals surface area contributed by atoms with Gasteiger partial charge in [-0.1, -0.05) is 29.3 Å². The van der Waals surface area contributed by atoms with Gasteiger partial charge in [0.05, 0.1) is 6.61 Å². The van der Waals surface area contributed by atoms with Crippen LogP contribution in [0.4, 0.5) is 0 Å². The van der Waals surface area contributed by atoms with E-state index in [2.05, 4.69) is 19.2 Å². The van der Waals surface area contributed by atoms with Gasteiger partial charge >= 0.3 is 0 Å². The summed E-state index contributed by atoms with van der Waals surface area (Å²) in [6.07, 6.45) is 0. The number of hydrogen-bond acceptors (Lipinski definition) is 2. The fraction of sp³-hybridized carbons (Fsp3) is 0.538. The van der Waals surface area contributed by atoms with Crippen LogP contribution in [0.25, 0.3) is 0 Å². The molecule has 0 amide bonds. The fourth-order valence-corrected chi connectivity index (χ4v) is 2.28. The van der Waals surface area contributed by atoms with Crippen LogP contribution in [0.3, 0.4) is 0 Å². The maximum atomic E-state index is 6.16. The molecular formula is C13H19Cl2NO. The molecule has 0 saturated carbocycles. The van der Waals surface area contributed by atoms with E-state index in [0.717, 1.165) is 12.2 Å². The van der Waals surface area contributed by atoms with Crippen molar-refractivity contribution in [3.63, 3.8) is 0 Å². The molecule has 96 valence electrons. The Hall–Kier alpha value is -0.280. The van der Waals surface area contributed by atoms with Gasteiger partial charge in [0.2, 0.25) is 0 Å². The first-order chi connectivity index (χ1) is 8.04. The summed E-state index contributed by atoms with van der Waals surface area (Å²) in [7, 11) is 0. The normalized spacial score (nSPS) is 14.6. The van der Waals surface area contributed by atoms with Crippen molar-refractivity contribution in [1.82, 2.24) is 5.32 Å². The SMILES string of the molecule is CCOCC(C)NC(C)c1ccc(Cl)cc1Cl. The van der Waals surface area contributed by atoms with Crippen molar-refractivity contribution in [2.24, 2.45) is 0 Å². The summed E-state index contributed by atoms with van der Waals surface area (Å²) in [6, 6.07) is 6.04. The Morgan fingerprint density at radius 2 is 2.00 bits per heavy atom. The van der Waals surface area contributed by atoms with Crippen LogP contribution < -0.4 is 5.32 Å². The largest absolute Gasteiger partial charge is 0.380 e. The summed E-state index contributed by atoms with van der Waals surface area (Å²) in [4.78, 5) is 0. The van der Waals surface area contributed by atoms with Gasteiger partial charge < -0.3 is 10.1 Å². The summed E-state index contributed by atoms with van der Waals surface area (Å²) in [5.41, 5.74) is 1.06. The zero-order chi connectivity index (χ0) is 12.8. The zero-order valence-corrected chi connectivity index (χ0v) is 12.0. The summed E-state index contributed by atoms with van der Waals surface area (Å²) in [5.74, 6) is 0. The molecule has 2 unspecified atom stereocenters. The molecule has 0 aromatic heterocycles. The van der Waals surface area contributed by atoms with Gasteiger partial charge in [-0.3, -0.25) is 0 Å². The minimum absolute atomic E-state index is 0.176.